The minimum absolute atomic E-state index is 0.305. The number of hydrogen-bond donors (Lipinski definition) is 1. The standard InChI is InChI=1S/C14H14N4O/c1-18(2)11-3-4-13(16)14(8-11)19-12-5-6-17-10(7-12)9-15/h3-8H,16H2,1-2H3. The van der Waals surface area contributed by atoms with Crippen molar-refractivity contribution in [2.24, 2.45) is 0 Å². The number of aromatic nitrogens is 1. The third kappa shape index (κ3) is 2.93. The number of hydrogen-bond acceptors (Lipinski definition) is 5. The quantitative estimate of drug-likeness (QED) is 0.851. The fraction of sp³-hybridized carbons (Fsp3) is 0.143. The largest absolute Gasteiger partial charge is 0.455 e. The summed E-state index contributed by atoms with van der Waals surface area (Å²) in [5, 5.41) is 8.80. The van der Waals surface area contributed by atoms with Crippen LogP contribution < -0.4 is 15.4 Å². The van der Waals surface area contributed by atoms with E-state index in [9.17, 15) is 0 Å². The van der Waals surface area contributed by atoms with Crippen LogP contribution in [0.2, 0.25) is 0 Å². The lowest BCUT2D eigenvalue weighted by molar-refractivity contribution is 0.484. The van der Waals surface area contributed by atoms with Crippen LogP contribution in [0.1, 0.15) is 5.69 Å². The van der Waals surface area contributed by atoms with Gasteiger partial charge in [-0.05, 0) is 18.2 Å². The summed E-state index contributed by atoms with van der Waals surface area (Å²) in [6.07, 6.45) is 1.53. The van der Waals surface area contributed by atoms with Crippen molar-refractivity contribution in [2.45, 2.75) is 0 Å². The van der Waals surface area contributed by atoms with Gasteiger partial charge < -0.3 is 15.4 Å². The lowest BCUT2D eigenvalue weighted by atomic mass is 10.2. The number of ether oxygens (including phenoxy) is 1. The first-order valence-corrected chi connectivity index (χ1v) is 5.71. The summed E-state index contributed by atoms with van der Waals surface area (Å²) in [6.45, 7) is 0. The van der Waals surface area contributed by atoms with Gasteiger partial charge in [-0.2, -0.15) is 5.26 Å². The Morgan fingerprint density at radius 3 is 2.74 bits per heavy atom. The zero-order valence-corrected chi connectivity index (χ0v) is 10.8. The molecule has 5 nitrogen and oxygen atoms in total. The minimum atomic E-state index is 0.305. The number of anilines is 2. The molecule has 96 valence electrons. The van der Waals surface area contributed by atoms with Crippen LogP contribution in [0.5, 0.6) is 11.5 Å². The first-order valence-electron chi connectivity index (χ1n) is 5.71. The number of nitrogen functional groups attached to an aromatic ring is 1. The molecule has 2 N–H and O–H groups in total. The summed E-state index contributed by atoms with van der Waals surface area (Å²) in [5.41, 5.74) is 7.72. The Morgan fingerprint density at radius 1 is 1.26 bits per heavy atom. The topological polar surface area (TPSA) is 75.2 Å². The maximum atomic E-state index is 8.80. The van der Waals surface area contributed by atoms with Gasteiger partial charge in [0.2, 0.25) is 0 Å². The molecule has 0 aliphatic heterocycles. The van der Waals surface area contributed by atoms with Crippen molar-refractivity contribution in [3.63, 3.8) is 0 Å². The highest BCUT2D eigenvalue weighted by Gasteiger charge is 2.06. The molecule has 0 radical (unpaired) electrons. The van der Waals surface area contributed by atoms with Crippen molar-refractivity contribution in [3.05, 3.63) is 42.2 Å². The van der Waals surface area contributed by atoms with Gasteiger partial charge in [0, 0.05) is 38.1 Å². The smallest absolute Gasteiger partial charge is 0.152 e. The first-order chi connectivity index (χ1) is 9.10. The van der Waals surface area contributed by atoms with Gasteiger partial charge in [0.15, 0.2) is 5.75 Å². The van der Waals surface area contributed by atoms with Crippen molar-refractivity contribution in [1.82, 2.24) is 4.98 Å². The molecule has 2 aromatic rings. The molecule has 1 heterocycles. The summed E-state index contributed by atoms with van der Waals surface area (Å²) in [7, 11) is 3.88. The Bertz CT molecular complexity index is 632. The van der Waals surface area contributed by atoms with E-state index in [4.69, 9.17) is 15.7 Å². The number of rotatable bonds is 3. The molecule has 0 unspecified atom stereocenters. The van der Waals surface area contributed by atoms with Crippen LogP contribution in [-0.4, -0.2) is 19.1 Å². The van der Waals surface area contributed by atoms with Crippen molar-refractivity contribution in [3.8, 4) is 17.6 Å². The van der Waals surface area contributed by atoms with Gasteiger partial charge in [0.05, 0.1) is 5.69 Å². The lowest BCUT2D eigenvalue weighted by Crippen LogP contribution is -2.08. The van der Waals surface area contributed by atoms with Crippen molar-refractivity contribution >= 4 is 11.4 Å². The highest BCUT2D eigenvalue weighted by atomic mass is 16.5. The predicted octanol–water partition coefficient (Wildman–Crippen LogP) is 2.39. The third-order valence-corrected chi connectivity index (χ3v) is 2.59. The fourth-order valence-electron chi connectivity index (χ4n) is 1.55. The average molecular weight is 254 g/mol. The van der Waals surface area contributed by atoms with E-state index in [0.717, 1.165) is 5.69 Å². The van der Waals surface area contributed by atoms with Crippen molar-refractivity contribution < 1.29 is 4.74 Å². The van der Waals surface area contributed by atoms with E-state index in [1.165, 1.54) is 6.20 Å². The van der Waals surface area contributed by atoms with Crippen molar-refractivity contribution in [2.75, 3.05) is 24.7 Å². The normalized spacial score (nSPS) is 9.74. The molecule has 19 heavy (non-hydrogen) atoms. The minimum Gasteiger partial charge on any atom is -0.455 e. The molecule has 1 aromatic carbocycles. The second-order valence-electron chi connectivity index (χ2n) is 4.21. The molecule has 0 saturated carbocycles. The van der Waals surface area contributed by atoms with Crippen LogP contribution in [0.4, 0.5) is 11.4 Å². The molecule has 2 rings (SSSR count). The van der Waals surface area contributed by atoms with Crippen LogP contribution in [0.3, 0.4) is 0 Å². The maximum Gasteiger partial charge on any atom is 0.152 e. The maximum absolute atomic E-state index is 8.80. The molecule has 0 aliphatic carbocycles. The molecule has 0 amide bonds. The van der Waals surface area contributed by atoms with Gasteiger partial charge in [0.1, 0.15) is 17.5 Å². The number of nitrogens with zero attached hydrogens (tertiary/aromatic N) is 3. The highest BCUT2D eigenvalue weighted by molar-refractivity contribution is 5.62. The average Bonchev–Trinajstić information content (AvgIpc) is 2.41. The monoisotopic (exact) mass is 254 g/mol. The number of nitrogens with two attached hydrogens (primary N) is 1. The zero-order valence-electron chi connectivity index (χ0n) is 10.8. The second kappa shape index (κ2) is 5.27. The molecule has 0 saturated heterocycles. The van der Waals surface area contributed by atoms with Gasteiger partial charge >= 0.3 is 0 Å². The fourth-order valence-corrected chi connectivity index (χ4v) is 1.55. The van der Waals surface area contributed by atoms with Crippen LogP contribution in [-0.2, 0) is 0 Å². The molecule has 0 bridgehead atoms. The molecule has 0 aliphatic rings. The van der Waals surface area contributed by atoms with E-state index in [1.807, 2.05) is 37.2 Å². The number of pyridine rings is 1. The first kappa shape index (κ1) is 12.7. The summed E-state index contributed by atoms with van der Waals surface area (Å²) in [4.78, 5) is 5.85. The zero-order chi connectivity index (χ0) is 13.8. The Balaban J connectivity index is 2.32. The van der Waals surface area contributed by atoms with Crippen LogP contribution in [0.25, 0.3) is 0 Å². The van der Waals surface area contributed by atoms with E-state index in [1.54, 1.807) is 18.2 Å². The molecular formula is C14H14N4O. The van der Waals surface area contributed by atoms with E-state index in [2.05, 4.69) is 4.98 Å². The summed E-state index contributed by atoms with van der Waals surface area (Å²) < 4.78 is 5.70. The Kier molecular flexibility index (Phi) is 3.53. The Labute approximate surface area is 111 Å². The van der Waals surface area contributed by atoms with Gasteiger partial charge in [-0.15, -0.1) is 0 Å². The van der Waals surface area contributed by atoms with Crippen LogP contribution in [0, 0.1) is 11.3 Å². The Hall–Kier alpha value is -2.74. The molecule has 0 fully saturated rings. The SMILES string of the molecule is CN(C)c1ccc(N)c(Oc2ccnc(C#N)c2)c1. The summed E-state index contributed by atoms with van der Waals surface area (Å²) in [6, 6.07) is 10.8. The van der Waals surface area contributed by atoms with Gasteiger partial charge in [-0.1, -0.05) is 0 Å². The van der Waals surface area contributed by atoms with E-state index >= 15 is 0 Å². The van der Waals surface area contributed by atoms with Crippen LogP contribution in [0.15, 0.2) is 36.5 Å². The predicted molar refractivity (Wildman–Crippen MR) is 74.2 cm³/mol. The second-order valence-corrected chi connectivity index (χ2v) is 4.21. The molecule has 1 aromatic heterocycles. The van der Waals surface area contributed by atoms with E-state index in [-0.39, 0.29) is 0 Å². The Morgan fingerprint density at radius 2 is 2.05 bits per heavy atom. The summed E-state index contributed by atoms with van der Waals surface area (Å²) in [5.74, 6) is 1.09. The van der Waals surface area contributed by atoms with Gasteiger partial charge in [0.25, 0.3) is 0 Å². The highest BCUT2D eigenvalue weighted by Crippen LogP contribution is 2.31. The summed E-state index contributed by atoms with van der Waals surface area (Å²) >= 11 is 0. The molecular weight excluding hydrogens is 240 g/mol. The number of nitriles is 1. The number of benzene rings is 1. The molecule has 0 spiro atoms. The van der Waals surface area contributed by atoms with Gasteiger partial charge in [-0.25, -0.2) is 4.98 Å². The van der Waals surface area contributed by atoms with Gasteiger partial charge in [-0.3, -0.25) is 0 Å². The third-order valence-electron chi connectivity index (χ3n) is 2.59. The van der Waals surface area contributed by atoms with E-state index < -0.39 is 0 Å². The van der Waals surface area contributed by atoms with Crippen LogP contribution >= 0.6 is 0 Å². The van der Waals surface area contributed by atoms with Crippen molar-refractivity contribution in [1.29, 1.82) is 5.26 Å². The molecule has 0 atom stereocenters. The molecule has 5 heteroatoms. The lowest BCUT2D eigenvalue weighted by Gasteiger charge is -2.15. The van der Waals surface area contributed by atoms with E-state index in [0.29, 0.717) is 22.9 Å².